The number of nitrogens with one attached hydrogen (secondary N) is 1. The smallest absolute Gasteiger partial charge is 0.326 e. The molecule has 1 unspecified atom stereocenters. The van der Waals surface area contributed by atoms with E-state index in [9.17, 15) is 19.5 Å². The van der Waals surface area contributed by atoms with Gasteiger partial charge in [0.2, 0.25) is 5.91 Å². The Labute approximate surface area is 117 Å². The zero-order valence-corrected chi connectivity index (χ0v) is 11.9. The molecule has 0 bridgehead atoms. The largest absolute Gasteiger partial charge is 0.480 e. The molecule has 3 N–H and O–H groups in total. The average Bonchev–Trinajstić information content (AvgIpc) is 2.79. The standard InChI is InChI=1S/C12H21N3O5/c1-4-14(3)10(17)7(2)13-12(20)15-6-8(16)5-9(15)11(18)19/h7-9,16H,4-6H2,1-3H3,(H,13,20)(H,18,19)/t7?,8-,9-/m1/s1. The van der Waals surface area contributed by atoms with Crippen molar-refractivity contribution < 1.29 is 24.6 Å². The minimum absolute atomic E-state index is 0.0000561. The Morgan fingerprint density at radius 1 is 1.45 bits per heavy atom. The van der Waals surface area contributed by atoms with Crippen molar-refractivity contribution in [1.29, 1.82) is 0 Å². The fraction of sp³-hybridized carbons (Fsp3) is 0.750. The maximum absolute atomic E-state index is 12.0. The summed E-state index contributed by atoms with van der Waals surface area (Å²) < 4.78 is 0. The van der Waals surface area contributed by atoms with Crippen molar-refractivity contribution in [3.63, 3.8) is 0 Å². The monoisotopic (exact) mass is 287 g/mol. The van der Waals surface area contributed by atoms with Crippen LogP contribution in [-0.2, 0) is 9.59 Å². The van der Waals surface area contributed by atoms with Crippen molar-refractivity contribution >= 4 is 17.9 Å². The van der Waals surface area contributed by atoms with Gasteiger partial charge < -0.3 is 25.3 Å². The second kappa shape index (κ2) is 6.56. The third-order valence-electron chi connectivity index (χ3n) is 3.39. The second-order valence-electron chi connectivity index (χ2n) is 4.92. The molecule has 1 aliphatic rings. The van der Waals surface area contributed by atoms with Crippen molar-refractivity contribution in [2.24, 2.45) is 0 Å². The number of hydrogen-bond donors (Lipinski definition) is 3. The number of likely N-dealkylation sites (tertiary alicyclic amines) is 1. The zero-order chi connectivity index (χ0) is 15.4. The van der Waals surface area contributed by atoms with Crippen LogP contribution >= 0.6 is 0 Å². The van der Waals surface area contributed by atoms with Crippen LogP contribution in [0.1, 0.15) is 20.3 Å². The van der Waals surface area contributed by atoms with Crippen LogP contribution < -0.4 is 5.32 Å². The summed E-state index contributed by atoms with van der Waals surface area (Å²) in [5.74, 6) is -1.42. The lowest BCUT2D eigenvalue weighted by Crippen LogP contribution is -2.52. The quantitative estimate of drug-likeness (QED) is 0.619. The molecule has 0 saturated carbocycles. The lowest BCUT2D eigenvalue weighted by molar-refractivity contribution is -0.141. The lowest BCUT2D eigenvalue weighted by atomic mass is 10.2. The molecule has 8 heteroatoms. The molecule has 1 saturated heterocycles. The van der Waals surface area contributed by atoms with Crippen LogP contribution in [0.15, 0.2) is 0 Å². The molecule has 1 heterocycles. The SMILES string of the molecule is CCN(C)C(=O)C(C)NC(=O)N1C[C@H](O)C[C@@H]1C(=O)O. The number of aliphatic carboxylic acids is 1. The fourth-order valence-corrected chi connectivity index (χ4v) is 2.09. The van der Waals surface area contributed by atoms with Crippen molar-refractivity contribution in [3.8, 4) is 0 Å². The Morgan fingerprint density at radius 3 is 2.55 bits per heavy atom. The maximum atomic E-state index is 12.0. The molecular formula is C12H21N3O5. The molecule has 3 atom stereocenters. The highest BCUT2D eigenvalue weighted by atomic mass is 16.4. The lowest BCUT2D eigenvalue weighted by Gasteiger charge is -2.25. The predicted molar refractivity (Wildman–Crippen MR) is 70.1 cm³/mol. The van der Waals surface area contributed by atoms with Gasteiger partial charge in [-0.2, -0.15) is 0 Å². The Balaban J connectivity index is 2.66. The van der Waals surface area contributed by atoms with Crippen LogP contribution in [0, 0.1) is 0 Å². The highest BCUT2D eigenvalue weighted by Crippen LogP contribution is 2.18. The first-order valence-electron chi connectivity index (χ1n) is 6.50. The first-order valence-corrected chi connectivity index (χ1v) is 6.50. The van der Waals surface area contributed by atoms with E-state index in [2.05, 4.69) is 5.32 Å². The number of nitrogens with zero attached hydrogens (tertiary/aromatic N) is 2. The zero-order valence-electron chi connectivity index (χ0n) is 11.9. The van der Waals surface area contributed by atoms with Gasteiger partial charge in [0.05, 0.1) is 6.10 Å². The summed E-state index contributed by atoms with van der Waals surface area (Å²) in [6.45, 7) is 3.81. The minimum atomic E-state index is -1.17. The van der Waals surface area contributed by atoms with Gasteiger partial charge in [-0.1, -0.05) is 0 Å². The number of carboxylic acid groups (broad SMARTS) is 1. The topological polar surface area (TPSA) is 110 Å². The number of carbonyl (C=O) groups is 3. The van der Waals surface area contributed by atoms with Crippen molar-refractivity contribution in [1.82, 2.24) is 15.1 Å². The molecule has 8 nitrogen and oxygen atoms in total. The van der Waals surface area contributed by atoms with E-state index in [1.165, 1.54) is 11.8 Å². The van der Waals surface area contributed by atoms with Gasteiger partial charge in [-0.3, -0.25) is 4.79 Å². The van der Waals surface area contributed by atoms with E-state index in [4.69, 9.17) is 5.11 Å². The Bertz CT molecular complexity index is 401. The average molecular weight is 287 g/mol. The van der Waals surface area contributed by atoms with Crippen LogP contribution in [0.25, 0.3) is 0 Å². The molecule has 0 spiro atoms. The Hall–Kier alpha value is -1.83. The molecular weight excluding hydrogens is 266 g/mol. The van der Waals surface area contributed by atoms with E-state index >= 15 is 0 Å². The summed E-state index contributed by atoms with van der Waals surface area (Å²) >= 11 is 0. The number of likely N-dealkylation sites (N-methyl/N-ethyl adjacent to an activating group) is 1. The number of aliphatic hydroxyl groups is 1. The molecule has 0 aromatic carbocycles. The summed E-state index contributed by atoms with van der Waals surface area (Å²) in [5, 5.41) is 21.0. The molecule has 114 valence electrons. The van der Waals surface area contributed by atoms with Gasteiger partial charge in [-0.15, -0.1) is 0 Å². The van der Waals surface area contributed by atoms with Gasteiger partial charge in [0.1, 0.15) is 12.1 Å². The Morgan fingerprint density at radius 2 is 2.05 bits per heavy atom. The summed E-state index contributed by atoms with van der Waals surface area (Å²) in [7, 11) is 1.62. The molecule has 0 radical (unpaired) electrons. The molecule has 3 amide bonds. The van der Waals surface area contributed by atoms with Gasteiger partial charge in [0, 0.05) is 26.6 Å². The maximum Gasteiger partial charge on any atom is 0.326 e. The van der Waals surface area contributed by atoms with Crippen LogP contribution in [-0.4, -0.2) is 76.2 Å². The van der Waals surface area contributed by atoms with Crippen LogP contribution in [0.2, 0.25) is 0 Å². The van der Waals surface area contributed by atoms with Crippen molar-refractivity contribution in [2.45, 2.75) is 38.5 Å². The minimum Gasteiger partial charge on any atom is -0.480 e. The molecule has 1 rings (SSSR count). The van der Waals surface area contributed by atoms with E-state index in [0.29, 0.717) is 6.54 Å². The summed E-state index contributed by atoms with van der Waals surface area (Å²) in [6, 6.07) is -2.46. The van der Waals surface area contributed by atoms with E-state index in [-0.39, 0.29) is 18.9 Å². The van der Waals surface area contributed by atoms with Crippen LogP contribution in [0.4, 0.5) is 4.79 Å². The number of carboxylic acids is 1. The molecule has 1 fully saturated rings. The van der Waals surface area contributed by atoms with E-state index in [1.807, 2.05) is 6.92 Å². The highest BCUT2D eigenvalue weighted by molar-refractivity contribution is 5.88. The second-order valence-corrected chi connectivity index (χ2v) is 4.92. The van der Waals surface area contributed by atoms with Crippen LogP contribution in [0.5, 0.6) is 0 Å². The molecule has 20 heavy (non-hydrogen) atoms. The Kier molecular flexibility index (Phi) is 5.32. The first-order chi connectivity index (χ1) is 9.27. The fourth-order valence-electron chi connectivity index (χ4n) is 2.09. The number of β-amino-alcohol motifs (C(OH)–C–C–N with tert-alkyl or cyclic N) is 1. The van der Waals surface area contributed by atoms with Gasteiger partial charge in [-0.25, -0.2) is 9.59 Å². The number of amides is 3. The van der Waals surface area contributed by atoms with E-state index in [0.717, 1.165) is 4.90 Å². The third-order valence-corrected chi connectivity index (χ3v) is 3.39. The number of urea groups is 1. The number of rotatable bonds is 4. The van der Waals surface area contributed by atoms with E-state index < -0.39 is 30.2 Å². The summed E-state index contributed by atoms with van der Waals surface area (Å²) in [6.07, 6.45) is -0.855. The number of carbonyl (C=O) groups excluding carboxylic acids is 2. The molecule has 1 aliphatic heterocycles. The van der Waals surface area contributed by atoms with Crippen molar-refractivity contribution in [3.05, 3.63) is 0 Å². The van der Waals surface area contributed by atoms with Gasteiger partial charge >= 0.3 is 12.0 Å². The normalized spacial score (nSPS) is 23.3. The predicted octanol–water partition coefficient (Wildman–Crippen LogP) is -0.917. The number of hydrogen-bond acceptors (Lipinski definition) is 4. The van der Waals surface area contributed by atoms with Gasteiger partial charge in [-0.05, 0) is 13.8 Å². The molecule has 0 aliphatic carbocycles. The first kappa shape index (κ1) is 16.2. The third kappa shape index (κ3) is 3.60. The van der Waals surface area contributed by atoms with Gasteiger partial charge in [0.15, 0.2) is 0 Å². The van der Waals surface area contributed by atoms with Crippen molar-refractivity contribution in [2.75, 3.05) is 20.1 Å². The highest BCUT2D eigenvalue weighted by Gasteiger charge is 2.39. The van der Waals surface area contributed by atoms with Crippen LogP contribution in [0.3, 0.4) is 0 Å². The molecule has 0 aromatic heterocycles. The summed E-state index contributed by atoms with van der Waals surface area (Å²) in [5.41, 5.74) is 0. The van der Waals surface area contributed by atoms with E-state index in [1.54, 1.807) is 7.05 Å². The molecule has 0 aromatic rings. The summed E-state index contributed by atoms with van der Waals surface area (Å²) in [4.78, 5) is 37.4. The van der Waals surface area contributed by atoms with Gasteiger partial charge in [0.25, 0.3) is 0 Å². The number of aliphatic hydroxyl groups excluding tert-OH is 1.